The van der Waals surface area contributed by atoms with Crippen LogP contribution in [-0.2, 0) is 4.79 Å². The zero-order valence-electron chi connectivity index (χ0n) is 12.9. The van der Waals surface area contributed by atoms with Crippen LogP contribution in [0.15, 0.2) is 42.7 Å². The van der Waals surface area contributed by atoms with E-state index in [0.29, 0.717) is 31.1 Å². The lowest BCUT2D eigenvalue weighted by Gasteiger charge is -2.15. The fourth-order valence-electron chi connectivity index (χ4n) is 2.49. The third-order valence-corrected chi connectivity index (χ3v) is 3.70. The van der Waals surface area contributed by atoms with E-state index in [0.717, 1.165) is 18.5 Å². The SMILES string of the molecule is O=C1CCCN1CCOc1nccnc1/C=C/c1ccccc1. The molecule has 1 amide bonds. The van der Waals surface area contributed by atoms with Crippen LogP contribution < -0.4 is 4.74 Å². The van der Waals surface area contributed by atoms with Gasteiger partial charge in [-0.2, -0.15) is 0 Å². The lowest BCUT2D eigenvalue weighted by atomic mass is 10.2. The molecule has 1 fully saturated rings. The minimum atomic E-state index is 0.206. The predicted molar refractivity (Wildman–Crippen MR) is 88.7 cm³/mol. The Labute approximate surface area is 135 Å². The van der Waals surface area contributed by atoms with Gasteiger partial charge in [0.25, 0.3) is 0 Å². The van der Waals surface area contributed by atoms with E-state index in [9.17, 15) is 4.79 Å². The van der Waals surface area contributed by atoms with Crippen molar-refractivity contribution in [2.75, 3.05) is 19.7 Å². The van der Waals surface area contributed by atoms with Crippen LogP contribution in [0.4, 0.5) is 0 Å². The molecule has 1 aliphatic rings. The Hall–Kier alpha value is -2.69. The van der Waals surface area contributed by atoms with Crippen LogP contribution in [0.25, 0.3) is 12.2 Å². The zero-order valence-corrected chi connectivity index (χ0v) is 12.9. The van der Waals surface area contributed by atoms with E-state index in [4.69, 9.17) is 4.74 Å². The minimum absolute atomic E-state index is 0.206. The van der Waals surface area contributed by atoms with Crippen molar-refractivity contribution in [1.82, 2.24) is 14.9 Å². The van der Waals surface area contributed by atoms with E-state index in [1.54, 1.807) is 12.4 Å². The Morgan fingerprint density at radius 2 is 1.96 bits per heavy atom. The Kier molecular flexibility index (Phi) is 4.99. The molecule has 2 aromatic rings. The smallest absolute Gasteiger partial charge is 0.240 e. The summed E-state index contributed by atoms with van der Waals surface area (Å²) in [5.41, 5.74) is 1.77. The molecule has 118 valence electrons. The van der Waals surface area contributed by atoms with Crippen molar-refractivity contribution >= 4 is 18.1 Å². The molecule has 0 bridgehead atoms. The highest BCUT2D eigenvalue weighted by Gasteiger charge is 2.19. The summed E-state index contributed by atoms with van der Waals surface area (Å²) in [4.78, 5) is 21.9. The molecule has 3 rings (SSSR count). The van der Waals surface area contributed by atoms with Gasteiger partial charge in [0.15, 0.2) is 0 Å². The van der Waals surface area contributed by atoms with E-state index in [-0.39, 0.29) is 5.91 Å². The highest BCUT2D eigenvalue weighted by Crippen LogP contribution is 2.16. The molecule has 1 saturated heterocycles. The fourth-order valence-corrected chi connectivity index (χ4v) is 2.49. The minimum Gasteiger partial charge on any atom is -0.474 e. The van der Waals surface area contributed by atoms with Gasteiger partial charge >= 0.3 is 0 Å². The monoisotopic (exact) mass is 309 g/mol. The molecule has 5 nitrogen and oxygen atoms in total. The summed E-state index contributed by atoms with van der Waals surface area (Å²) in [5, 5.41) is 0. The Morgan fingerprint density at radius 3 is 2.74 bits per heavy atom. The second kappa shape index (κ2) is 7.54. The number of nitrogens with zero attached hydrogens (tertiary/aromatic N) is 3. The molecule has 2 heterocycles. The zero-order chi connectivity index (χ0) is 15.9. The molecule has 0 spiro atoms. The first kappa shape index (κ1) is 15.2. The van der Waals surface area contributed by atoms with Gasteiger partial charge in [-0.3, -0.25) is 4.79 Å². The van der Waals surface area contributed by atoms with Gasteiger partial charge < -0.3 is 9.64 Å². The molecule has 0 saturated carbocycles. The standard InChI is InChI=1S/C18H19N3O2/c22-17-7-4-12-21(17)13-14-23-18-16(19-10-11-20-18)9-8-15-5-2-1-3-6-15/h1-3,5-6,8-11H,4,7,12-14H2/b9-8+. The van der Waals surface area contributed by atoms with E-state index in [1.807, 2.05) is 47.4 Å². The molecule has 23 heavy (non-hydrogen) atoms. The number of hydrogen-bond acceptors (Lipinski definition) is 4. The summed E-state index contributed by atoms with van der Waals surface area (Å²) in [7, 11) is 0. The summed E-state index contributed by atoms with van der Waals surface area (Å²) in [6, 6.07) is 9.99. The highest BCUT2D eigenvalue weighted by molar-refractivity contribution is 5.78. The number of likely N-dealkylation sites (tertiary alicyclic amines) is 1. The first-order valence-electron chi connectivity index (χ1n) is 7.77. The molecule has 1 aliphatic heterocycles. The van der Waals surface area contributed by atoms with Crippen LogP contribution in [0.1, 0.15) is 24.1 Å². The summed E-state index contributed by atoms with van der Waals surface area (Å²) in [6.45, 7) is 1.84. The molecule has 5 heteroatoms. The number of carbonyl (C=O) groups excluding carboxylic acids is 1. The number of hydrogen-bond donors (Lipinski definition) is 0. The molecular formula is C18H19N3O2. The lowest BCUT2D eigenvalue weighted by Crippen LogP contribution is -2.29. The van der Waals surface area contributed by atoms with Crippen molar-refractivity contribution < 1.29 is 9.53 Å². The van der Waals surface area contributed by atoms with E-state index < -0.39 is 0 Å². The molecule has 0 aliphatic carbocycles. The second-order valence-electron chi connectivity index (χ2n) is 5.32. The average molecular weight is 309 g/mol. The van der Waals surface area contributed by atoms with Crippen molar-refractivity contribution in [2.45, 2.75) is 12.8 Å². The Bertz CT molecular complexity index is 686. The summed E-state index contributed by atoms with van der Waals surface area (Å²) >= 11 is 0. The van der Waals surface area contributed by atoms with Crippen molar-refractivity contribution in [3.05, 3.63) is 54.0 Å². The predicted octanol–water partition coefficient (Wildman–Crippen LogP) is 2.65. The van der Waals surface area contributed by atoms with E-state index in [1.165, 1.54) is 0 Å². The van der Waals surface area contributed by atoms with Gasteiger partial charge in [-0.25, -0.2) is 9.97 Å². The highest BCUT2D eigenvalue weighted by atomic mass is 16.5. The van der Waals surface area contributed by atoms with Crippen LogP contribution >= 0.6 is 0 Å². The number of ether oxygens (including phenoxy) is 1. The van der Waals surface area contributed by atoms with Gasteiger partial charge in [0, 0.05) is 25.4 Å². The van der Waals surface area contributed by atoms with E-state index >= 15 is 0 Å². The van der Waals surface area contributed by atoms with Crippen molar-refractivity contribution in [3.8, 4) is 5.88 Å². The summed E-state index contributed by atoms with van der Waals surface area (Å²) < 4.78 is 5.72. The average Bonchev–Trinajstić information content (AvgIpc) is 3.00. The first-order chi connectivity index (χ1) is 11.3. The molecule has 0 N–H and O–H groups in total. The molecule has 0 unspecified atom stereocenters. The third kappa shape index (κ3) is 4.16. The molecule has 1 aromatic carbocycles. The van der Waals surface area contributed by atoms with E-state index in [2.05, 4.69) is 9.97 Å². The topological polar surface area (TPSA) is 55.3 Å². The van der Waals surface area contributed by atoms with Gasteiger partial charge in [0.05, 0.1) is 6.54 Å². The van der Waals surface area contributed by atoms with Crippen molar-refractivity contribution in [3.63, 3.8) is 0 Å². The van der Waals surface area contributed by atoms with Crippen LogP contribution in [0, 0.1) is 0 Å². The Balaban J connectivity index is 1.61. The quantitative estimate of drug-likeness (QED) is 0.823. The fraction of sp³-hybridized carbons (Fsp3) is 0.278. The Morgan fingerprint density at radius 1 is 1.13 bits per heavy atom. The van der Waals surface area contributed by atoms with Crippen molar-refractivity contribution in [1.29, 1.82) is 0 Å². The molecule has 1 aromatic heterocycles. The normalized spacial score (nSPS) is 14.6. The van der Waals surface area contributed by atoms with Gasteiger partial charge in [0.1, 0.15) is 12.3 Å². The molecular weight excluding hydrogens is 290 g/mol. The third-order valence-electron chi connectivity index (χ3n) is 3.70. The number of aromatic nitrogens is 2. The van der Waals surface area contributed by atoms with Crippen LogP contribution in [-0.4, -0.2) is 40.5 Å². The number of rotatable bonds is 6. The van der Waals surface area contributed by atoms with Crippen LogP contribution in [0.3, 0.4) is 0 Å². The van der Waals surface area contributed by atoms with Gasteiger partial charge in [-0.05, 0) is 18.1 Å². The van der Waals surface area contributed by atoms with Gasteiger partial charge in [0.2, 0.25) is 11.8 Å². The maximum atomic E-state index is 11.6. The lowest BCUT2D eigenvalue weighted by molar-refractivity contribution is -0.128. The maximum absolute atomic E-state index is 11.6. The number of carbonyl (C=O) groups is 1. The second-order valence-corrected chi connectivity index (χ2v) is 5.32. The molecule has 0 radical (unpaired) electrons. The van der Waals surface area contributed by atoms with Gasteiger partial charge in [-0.15, -0.1) is 0 Å². The van der Waals surface area contributed by atoms with Gasteiger partial charge in [-0.1, -0.05) is 36.4 Å². The van der Waals surface area contributed by atoms with Crippen LogP contribution in [0.2, 0.25) is 0 Å². The number of benzene rings is 1. The molecule has 0 atom stereocenters. The number of amides is 1. The van der Waals surface area contributed by atoms with Crippen molar-refractivity contribution in [2.24, 2.45) is 0 Å². The largest absolute Gasteiger partial charge is 0.474 e. The summed E-state index contributed by atoms with van der Waals surface area (Å²) in [6.07, 6.45) is 8.70. The summed E-state index contributed by atoms with van der Waals surface area (Å²) in [5.74, 6) is 0.697. The first-order valence-corrected chi connectivity index (χ1v) is 7.77. The maximum Gasteiger partial charge on any atom is 0.240 e. The van der Waals surface area contributed by atoms with Crippen LogP contribution in [0.5, 0.6) is 5.88 Å².